The Balaban J connectivity index is 1.48. The van der Waals surface area contributed by atoms with Crippen LogP contribution >= 0.6 is 0 Å². The molecule has 1 aromatic carbocycles. The minimum atomic E-state index is 0.106. The van der Waals surface area contributed by atoms with Crippen molar-refractivity contribution in [3.63, 3.8) is 0 Å². The molecule has 0 aromatic heterocycles. The van der Waals surface area contributed by atoms with E-state index in [2.05, 4.69) is 16.7 Å². The molecule has 1 aliphatic heterocycles. The van der Waals surface area contributed by atoms with E-state index in [9.17, 15) is 4.79 Å². The topological polar surface area (TPSA) is 41.1 Å². The van der Waals surface area contributed by atoms with Crippen LogP contribution in [0.5, 0.6) is 0 Å². The first-order chi connectivity index (χ1) is 9.29. The molecule has 0 radical (unpaired) electrons. The summed E-state index contributed by atoms with van der Waals surface area (Å²) in [5, 5.41) is 6.59. The lowest BCUT2D eigenvalue weighted by molar-refractivity contribution is 0.0923. The number of carbonyl (C=O) groups excluding carboxylic acids is 1. The van der Waals surface area contributed by atoms with Crippen LogP contribution in [0.1, 0.15) is 41.6 Å². The highest BCUT2D eigenvalue weighted by atomic mass is 16.1. The number of hydrogen-bond donors (Lipinski definition) is 2. The maximum Gasteiger partial charge on any atom is 0.251 e. The molecule has 0 saturated heterocycles. The van der Waals surface area contributed by atoms with Crippen LogP contribution in [0.25, 0.3) is 0 Å². The van der Waals surface area contributed by atoms with Crippen LogP contribution in [0.2, 0.25) is 0 Å². The lowest BCUT2D eigenvalue weighted by Crippen LogP contribution is -2.38. The summed E-state index contributed by atoms with van der Waals surface area (Å²) < 4.78 is 0. The van der Waals surface area contributed by atoms with Crippen molar-refractivity contribution in [3.05, 3.63) is 29.3 Å². The monoisotopic (exact) mass is 256 g/mol. The summed E-state index contributed by atoms with van der Waals surface area (Å²) >= 11 is 0. The second kappa shape index (κ2) is 4.26. The van der Waals surface area contributed by atoms with Crippen molar-refractivity contribution in [3.8, 4) is 0 Å². The van der Waals surface area contributed by atoms with Gasteiger partial charge in [0.1, 0.15) is 0 Å². The van der Waals surface area contributed by atoms with Gasteiger partial charge in [0.2, 0.25) is 0 Å². The number of amides is 1. The van der Waals surface area contributed by atoms with E-state index in [-0.39, 0.29) is 5.91 Å². The van der Waals surface area contributed by atoms with Gasteiger partial charge in [0, 0.05) is 23.8 Å². The predicted molar refractivity (Wildman–Crippen MR) is 75.3 cm³/mol. The Morgan fingerprint density at radius 2 is 2.21 bits per heavy atom. The maximum absolute atomic E-state index is 12.3. The van der Waals surface area contributed by atoms with E-state index in [4.69, 9.17) is 0 Å². The van der Waals surface area contributed by atoms with Crippen LogP contribution in [-0.2, 0) is 6.42 Å². The molecule has 1 aromatic rings. The lowest BCUT2D eigenvalue weighted by atomic mass is 9.95. The van der Waals surface area contributed by atoms with Gasteiger partial charge in [-0.2, -0.15) is 0 Å². The molecular weight excluding hydrogens is 236 g/mol. The molecule has 19 heavy (non-hydrogen) atoms. The molecule has 2 fully saturated rings. The molecule has 2 aliphatic carbocycles. The third-order valence-electron chi connectivity index (χ3n) is 5.14. The molecule has 0 spiro atoms. The molecule has 2 N–H and O–H groups in total. The Labute approximate surface area is 113 Å². The van der Waals surface area contributed by atoms with E-state index in [0.29, 0.717) is 6.04 Å². The lowest BCUT2D eigenvalue weighted by Gasteiger charge is -2.23. The minimum absolute atomic E-state index is 0.106. The van der Waals surface area contributed by atoms with Gasteiger partial charge in [0.15, 0.2) is 0 Å². The number of benzene rings is 1. The van der Waals surface area contributed by atoms with Crippen molar-refractivity contribution < 1.29 is 4.79 Å². The second-order valence-corrected chi connectivity index (χ2v) is 6.30. The Morgan fingerprint density at radius 1 is 1.26 bits per heavy atom. The van der Waals surface area contributed by atoms with E-state index in [1.165, 1.54) is 31.2 Å². The average Bonchev–Trinajstić information content (AvgIpc) is 3.13. The summed E-state index contributed by atoms with van der Waals surface area (Å²) in [5.74, 6) is 1.72. The molecule has 1 heterocycles. The van der Waals surface area contributed by atoms with Crippen molar-refractivity contribution in [2.45, 2.75) is 38.1 Å². The highest BCUT2D eigenvalue weighted by molar-refractivity contribution is 5.95. The Kier molecular flexibility index (Phi) is 2.54. The second-order valence-electron chi connectivity index (χ2n) is 6.30. The average molecular weight is 256 g/mol. The van der Waals surface area contributed by atoms with Crippen LogP contribution in [0.15, 0.2) is 18.2 Å². The van der Waals surface area contributed by atoms with E-state index in [0.717, 1.165) is 36.1 Å². The normalized spacial score (nSPS) is 31.1. The number of carbonyl (C=O) groups is 1. The van der Waals surface area contributed by atoms with E-state index < -0.39 is 0 Å². The van der Waals surface area contributed by atoms with Gasteiger partial charge in [-0.25, -0.2) is 0 Å². The van der Waals surface area contributed by atoms with Gasteiger partial charge in [-0.3, -0.25) is 4.79 Å². The Bertz CT molecular complexity index is 525. The zero-order valence-corrected chi connectivity index (χ0v) is 11.1. The quantitative estimate of drug-likeness (QED) is 0.854. The molecule has 3 heteroatoms. The molecule has 2 bridgehead atoms. The van der Waals surface area contributed by atoms with Crippen LogP contribution in [0.4, 0.5) is 5.69 Å². The van der Waals surface area contributed by atoms with E-state index >= 15 is 0 Å². The third kappa shape index (κ3) is 1.92. The number of nitrogens with one attached hydrogen (secondary N) is 2. The first-order valence-corrected chi connectivity index (χ1v) is 7.47. The van der Waals surface area contributed by atoms with Crippen molar-refractivity contribution in [2.24, 2.45) is 11.8 Å². The standard InChI is InChI=1S/C16H20N2O/c19-16(18-15-8-10-1-2-12(15)7-10)13-4-3-11-5-6-17-14(11)9-13/h3-4,9-10,12,15,17H,1-2,5-8H2,(H,18,19). The van der Waals surface area contributed by atoms with Crippen molar-refractivity contribution >= 4 is 11.6 Å². The smallest absolute Gasteiger partial charge is 0.251 e. The summed E-state index contributed by atoms with van der Waals surface area (Å²) in [6, 6.07) is 6.48. The zero-order chi connectivity index (χ0) is 12.8. The summed E-state index contributed by atoms with van der Waals surface area (Å²) in [6.45, 7) is 0.993. The van der Waals surface area contributed by atoms with Gasteiger partial charge in [0.05, 0.1) is 0 Å². The molecular formula is C16H20N2O. The fourth-order valence-corrected chi connectivity index (χ4v) is 4.11. The van der Waals surface area contributed by atoms with Crippen molar-refractivity contribution in [2.75, 3.05) is 11.9 Å². The minimum Gasteiger partial charge on any atom is -0.384 e. The van der Waals surface area contributed by atoms with Crippen LogP contribution in [0.3, 0.4) is 0 Å². The van der Waals surface area contributed by atoms with Crippen molar-refractivity contribution in [1.82, 2.24) is 5.32 Å². The van der Waals surface area contributed by atoms with Crippen molar-refractivity contribution in [1.29, 1.82) is 0 Å². The van der Waals surface area contributed by atoms with E-state index in [1.54, 1.807) is 0 Å². The Morgan fingerprint density at radius 3 is 3.00 bits per heavy atom. The number of fused-ring (bicyclic) bond motifs is 3. The molecule has 4 rings (SSSR count). The van der Waals surface area contributed by atoms with Crippen LogP contribution in [-0.4, -0.2) is 18.5 Å². The molecule has 3 atom stereocenters. The first-order valence-electron chi connectivity index (χ1n) is 7.47. The molecule has 3 unspecified atom stereocenters. The molecule has 1 amide bonds. The highest BCUT2D eigenvalue weighted by Crippen LogP contribution is 2.44. The zero-order valence-electron chi connectivity index (χ0n) is 11.1. The number of hydrogen-bond acceptors (Lipinski definition) is 2. The first kappa shape index (κ1) is 11.3. The predicted octanol–water partition coefficient (Wildman–Crippen LogP) is 2.57. The summed E-state index contributed by atoms with van der Waals surface area (Å²) in [7, 11) is 0. The summed E-state index contributed by atoms with van der Waals surface area (Å²) in [5.41, 5.74) is 3.27. The number of rotatable bonds is 2. The number of anilines is 1. The fraction of sp³-hybridized carbons (Fsp3) is 0.562. The van der Waals surface area contributed by atoms with Crippen LogP contribution < -0.4 is 10.6 Å². The van der Waals surface area contributed by atoms with E-state index in [1.807, 2.05) is 12.1 Å². The fourth-order valence-electron chi connectivity index (χ4n) is 4.11. The molecule has 3 aliphatic rings. The SMILES string of the molecule is O=C(NC1CC2CCC1C2)c1ccc2c(c1)NCC2. The maximum atomic E-state index is 12.3. The summed E-state index contributed by atoms with van der Waals surface area (Å²) in [4.78, 5) is 12.3. The van der Waals surface area contributed by atoms with Crippen LogP contribution in [0, 0.1) is 11.8 Å². The van der Waals surface area contributed by atoms with Gasteiger partial charge < -0.3 is 10.6 Å². The Hall–Kier alpha value is -1.51. The molecule has 2 saturated carbocycles. The summed E-state index contributed by atoms with van der Waals surface area (Å²) in [6.07, 6.45) is 6.28. The van der Waals surface area contributed by atoms with Gasteiger partial charge in [-0.15, -0.1) is 0 Å². The van der Waals surface area contributed by atoms with Gasteiger partial charge in [-0.05, 0) is 55.2 Å². The van der Waals surface area contributed by atoms with Gasteiger partial charge in [0.25, 0.3) is 5.91 Å². The largest absolute Gasteiger partial charge is 0.384 e. The molecule has 100 valence electrons. The van der Waals surface area contributed by atoms with Gasteiger partial charge in [-0.1, -0.05) is 12.5 Å². The molecule has 3 nitrogen and oxygen atoms in total. The third-order valence-corrected chi connectivity index (χ3v) is 5.14. The van der Waals surface area contributed by atoms with Gasteiger partial charge >= 0.3 is 0 Å². The highest BCUT2D eigenvalue weighted by Gasteiger charge is 2.40.